The number of aromatic hydroxyl groups is 1. The maximum Gasteiger partial charge on any atom is 0.339 e. The summed E-state index contributed by atoms with van der Waals surface area (Å²) < 4.78 is 0. The number of aliphatic hydroxyl groups excluding tert-OH is 2. The van der Waals surface area contributed by atoms with Crippen LogP contribution in [-0.2, 0) is 14.4 Å². The van der Waals surface area contributed by atoms with Gasteiger partial charge in [0.05, 0.1) is 17.7 Å². The molecule has 0 spiro atoms. The SMILES string of the molecule is C[C@@H]1C([C@H](O)C2CC(=O)C(C(N)=O)=C(O)[C@H]2N(C)C)=C(C(=O)O)C(=O)c2c(O)cccc21. The fourth-order valence-electron chi connectivity index (χ4n) is 4.76. The molecule has 10 nitrogen and oxygen atoms in total. The van der Waals surface area contributed by atoms with Crippen molar-refractivity contribution >= 4 is 23.4 Å². The van der Waals surface area contributed by atoms with Gasteiger partial charge in [-0.1, -0.05) is 19.1 Å². The monoisotopic (exact) mass is 444 g/mol. The zero-order valence-corrected chi connectivity index (χ0v) is 17.7. The van der Waals surface area contributed by atoms with Crippen molar-refractivity contribution < 1.29 is 39.6 Å². The van der Waals surface area contributed by atoms with Crippen LogP contribution in [0, 0.1) is 5.92 Å². The second-order valence-corrected chi connectivity index (χ2v) is 8.20. The summed E-state index contributed by atoms with van der Waals surface area (Å²) in [6.45, 7) is 1.58. The van der Waals surface area contributed by atoms with E-state index in [1.807, 2.05) is 0 Å². The number of hydrogen-bond donors (Lipinski definition) is 5. The highest BCUT2D eigenvalue weighted by molar-refractivity contribution is 6.27. The largest absolute Gasteiger partial charge is 0.510 e. The number of likely N-dealkylation sites (N-methyl/N-ethyl adjacent to an activating group) is 1. The number of nitrogens with zero attached hydrogens (tertiary/aromatic N) is 1. The van der Waals surface area contributed by atoms with E-state index in [1.54, 1.807) is 27.1 Å². The van der Waals surface area contributed by atoms with Crippen molar-refractivity contribution in [2.24, 2.45) is 11.7 Å². The van der Waals surface area contributed by atoms with Crippen LogP contribution in [0.4, 0.5) is 0 Å². The third-order valence-corrected chi connectivity index (χ3v) is 6.13. The zero-order chi connectivity index (χ0) is 24.1. The van der Waals surface area contributed by atoms with E-state index in [-0.39, 0.29) is 16.9 Å². The van der Waals surface area contributed by atoms with Gasteiger partial charge in [-0.25, -0.2) is 4.79 Å². The first kappa shape index (κ1) is 23.2. The molecule has 0 radical (unpaired) electrons. The molecule has 1 aromatic rings. The maximum absolute atomic E-state index is 13.0. The average molecular weight is 444 g/mol. The predicted octanol–water partition coefficient (Wildman–Crippen LogP) is 0.251. The lowest BCUT2D eigenvalue weighted by molar-refractivity contribution is -0.132. The number of hydrogen-bond acceptors (Lipinski definition) is 8. The number of carboxylic acids is 1. The number of rotatable bonds is 5. The van der Waals surface area contributed by atoms with Gasteiger partial charge in [0.2, 0.25) is 5.78 Å². The fourth-order valence-corrected chi connectivity index (χ4v) is 4.76. The predicted molar refractivity (Wildman–Crippen MR) is 111 cm³/mol. The summed E-state index contributed by atoms with van der Waals surface area (Å²) in [6, 6.07) is 3.26. The summed E-state index contributed by atoms with van der Waals surface area (Å²) in [4.78, 5) is 50.7. The normalized spacial score (nSPS) is 24.6. The van der Waals surface area contributed by atoms with Gasteiger partial charge in [-0.05, 0) is 31.3 Å². The van der Waals surface area contributed by atoms with Gasteiger partial charge in [-0.3, -0.25) is 19.3 Å². The summed E-state index contributed by atoms with van der Waals surface area (Å²) in [5.41, 5.74) is 4.00. The zero-order valence-electron chi connectivity index (χ0n) is 17.7. The molecular weight excluding hydrogens is 420 g/mol. The first-order chi connectivity index (χ1) is 14.9. The van der Waals surface area contributed by atoms with Crippen LogP contribution in [0.1, 0.15) is 35.2 Å². The molecule has 6 N–H and O–H groups in total. The van der Waals surface area contributed by atoms with E-state index in [0.717, 1.165) is 0 Å². The van der Waals surface area contributed by atoms with E-state index < -0.39 is 70.8 Å². The molecule has 0 aliphatic heterocycles. The first-order valence-corrected chi connectivity index (χ1v) is 9.84. The van der Waals surface area contributed by atoms with Gasteiger partial charge in [0.15, 0.2) is 5.78 Å². The average Bonchev–Trinajstić information content (AvgIpc) is 2.68. The van der Waals surface area contributed by atoms with Crippen LogP contribution in [0.3, 0.4) is 0 Å². The molecule has 0 saturated carbocycles. The van der Waals surface area contributed by atoms with Gasteiger partial charge in [0, 0.05) is 18.3 Å². The molecule has 4 atom stereocenters. The lowest BCUT2D eigenvalue weighted by Crippen LogP contribution is -2.50. The third kappa shape index (κ3) is 3.47. The minimum atomic E-state index is -1.64. The summed E-state index contributed by atoms with van der Waals surface area (Å²) in [5, 5.41) is 41.9. The Morgan fingerprint density at radius 2 is 1.78 bits per heavy atom. The van der Waals surface area contributed by atoms with Gasteiger partial charge >= 0.3 is 5.97 Å². The molecule has 10 heteroatoms. The third-order valence-electron chi connectivity index (χ3n) is 6.13. The lowest BCUT2D eigenvalue weighted by Gasteiger charge is -2.40. The molecule has 1 aromatic carbocycles. The Labute approximate surface area is 183 Å². The van der Waals surface area contributed by atoms with Crippen molar-refractivity contribution in [3.63, 3.8) is 0 Å². The van der Waals surface area contributed by atoms with Gasteiger partial charge in [0.1, 0.15) is 22.7 Å². The van der Waals surface area contributed by atoms with Crippen molar-refractivity contribution in [3.05, 3.63) is 51.8 Å². The van der Waals surface area contributed by atoms with E-state index in [1.165, 1.54) is 17.0 Å². The van der Waals surface area contributed by atoms with Crippen LogP contribution in [0.15, 0.2) is 40.7 Å². The van der Waals surface area contributed by atoms with Gasteiger partial charge in [-0.15, -0.1) is 0 Å². The Kier molecular flexibility index (Phi) is 5.94. The number of ketones is 2. The number of aliphatic hydroxyl groups is 2. The number of nitrogens with two attached hydrogens (primary N) is 1. The molecule has 0 bridgehead atoms. The summed E-state index contributed by atoms with van der Waals surface area (Å²) in [7, 11) is 3.09. The summed E-state index contributed by atoms with van der Waals surface area (Å²) in [5.74, 6) is -7.31. The molecule has 0 fully saturated rings. The number of fused-ring (bicyclic) bond motifs is 1. The molecule has 0 heterocycles. The summed E-state index contributed by atoms with van der Waals surface area (Å²) >= 11 is 0. The minimum Gasteiger partial charge on any atom is -0.510 e. The van der Waals surface area contributed by atoms with Crippen molar-refractivity contribution in [2.75, 3.05) is 14.1 Å². The highest BCUT2D eigenvalue weighted by atomic mass is 16.4. The molecule has 1 amide bonds. The topological polar surface area (TPSA) is 178 Å². The van der Waals surface area contributed by atoms with Crippen molar-refractivity contribution in [2.45, 2.75) is 31.4 Å². The van der Waals surface area contributed by atoms with Crippen LogP contribution in [0.5, 0.6) is 5.75 Å². The molecule has 2 aliphatic rings. The number of carboxylic acid groups (broad SMARTS) is 1. The Morgan fingerprint density at radius 1 is 1.16 bits per heavy atom. The van der Waals surface area contributed by atoms with E-state index in [4.69, 9.17) is 5.73 Å². The number of phenols is 1. The molecule has 3 rings (SSSR count). The molecule has 170 valence electrons. The van der Waals surface area contributed by atoms with E-state index in [0.29, 0.717) is 5.56 Å². The molecule has 32 heavy (non-hydrogen) atoms. The quantitative estimate of drug-likeness (QED) is 0.398. The number of carbonyl (C=O) groups is 4. The molecule has 0 aromatic heterocycles. The number of phenolic OH excluding ortho intramolecular Hbond substituents is 1. The number of amides is 1. The van der Waals surface area contributed by atoms with Gasteiger partial charge in [0.25, 0.3) is 5.91 Å². The van der Waals surface area contributed by atoms with Crippen LogP contribution < -0.4 is 5.73 Å². The summed E-state index contributed by atoms with van der Waals surface area (Å²) in [6.07, 6.45) is -2.04. The van der Waals surface area contributed by atoms with Crippen molar-refractivity contribution in [1.29, 1.82) is 0 Å². The molecule has 0 saturated heterocycles. The number of primary amides is 1. The Hall–Kier alpha value is -3.50. The van der Waals surface area contributed by atoms with Crippen LogP contribution in [0.2, 0.25) is 0 Å². The van der Waals surface area contributed by atoms with E-state index in [2.05, 4.69) is 0 Å². The number of carbonyl (C=O) groups excluding carboxylic acids is 3. The van der Waals surface area contributed by atoms with Gasteiger partial charge in [-0.2, -0.15) is 0 Å². The van der Waals surface area contributed by atoms with Crippen molar-refractivity contribution in [1.82, 2.24) is 4.90 Å². The second-order valence-electron chi connectivity index (χ2n) is 8.20. The highest BCUT2D eigenvalue weighted by Gasteiger charge is 2.47. The molecule has 2 aliphatic carbocycles. The number of benzene rings is 1. The minimum absolute atomic E-state index is 0.138. The number of Topliss-reactive ketones (excluding diaryl/α,β-unsaturated/α-hetero) is 2. The highest BCUT2D eigenvalue weighted by Crippen LogP contribution is 2.44. The van der Waals surface area contributed by atoms with E-state index >= 15 is 0 Å². The van der Waals surface area contributed by atoms with Crippen LogP contribution >= 0.6 is 0 Å². The second kappa shape index (κ2) is 8.21. The Morgan fingerprint density at radius 3 is 2.31 bits per heavy atom. The number of aliphatic carboxylic acids is 1. The smallest absolute Gasteiger partial charge is 0.339 e. The van der Waals surface area contributed by atoms with Crippen LogP contribution in [-0.4, -0.2) is 75.0 Å². The standard InChI is InChI=1S/C22H24N2O8/c1-8-9-5-4-6-11(25)14(9)19(28)16(22(31)32)13(8)18(27)10-7-12(26)15(21(23)30)20(29)17(10)24(2)3/h4-6,8,10,17-18,25,27,29H,7H2,1-3H3,(H2,23,30)(H,31,32)/t8-,10?,17-,18+/m0/s1. The Balaban J connectivity index is 2.20. The van der Waals surface area contributed by atoms with Crippen molar-refractivity contribution in [3.8, 4) is 5.75 Å². The lowest BCUT2D eigenvalue weighted by atomic mass is 9.69. The fraction of sp³-hybridized carbons (Fsp3) is 0.364. The molecule has 1 unspecified atom stereocenters. The Bertz CT molecular complexity index is 1100. The van der Waals surface area contributed by atoms with Gasteiger partial charge < -0.3 is 26.2 Å². The first-order valence-electron chi connectivity index (χ1n) is 9.84. The van der Waals surface area contributed by atoms with E-state index in [9.17, 15) is 39.6 Å². The van der Waals surface area contributed by atoms with Crippen LogP contribution in [0.25, 0.3) is 0 Å². The molecular formula is C22H24N2O8. The maximum atomic E-state index is 13.0.